The Labute approximate surface area is 81.5 Å². The van der Waals surface area contributed by atoms with Gasteiger partial charge < -0.3 is 10.6 Å². The van der Waals surface area contributed by atoms with E-state index in [-0.39, 0.29) is 0 Å². The van der Waals surface area contributed by atoms with Crippen molar-refractivity contribution in [2.45, 2.75) is 32.7 Å². The molecule has 1 rings (SSSR count). The Morgan fingerprint density at radius 1 is 1.46 bits per heavy atom. The molecule has 2 nitrogen and oxygen atoms in total. The van der Waals surface area contributed by atoms with Crippen LogP contribution in [0.3, 0.4) is 0 Å². The molecule has 0 saturated carbocycles. The lowest BCUT2D eigenvalue weighted by molar-refractivity contribution is 0.169. The summed E-state index contributed by atoms with van der Waals surface area (Å²) in [5, 5.41) is 0. The number of nitrogens with zero attached hydrogens (tertiary/aromatic N) is 1. The first-order valence-corrected chi connectivity index (χ1v) is 5.10. The summed E-state index contributed by atoms with van der Waals surface area (Å²) in [4.78, 5) is 2.43. The predicted molar refractivity (Wildman–Crippen MR) is 56.3 cm³/mol. The van der Waals surface area contributed by atoms with Crippen molar-refractivity contribution < 1.29 is 0 Å². The molecule has 0 aromatic heterocycles. The second-order valence-electron chi connectivity index (χ2n) is 4.04. The zero-order valence-corrected chi connectivity index (χ0v) is 8.71. The monoisotopic (exact) mass is 180 g/mol. The Bertz CT molecular complexity index is 192. The van der Waals surface area contributed by atoms with Gasteiger partial charge in [0, 0.05) is 32.1 Å². The van der Waals surface area contributed by atoms with Crippen LogP contribution in [0.15, 0.2) is 0 Å². The molecule has 2 N–H and O–H groups in total. The lowest BCUT2D eigenvalue weighted by Crippen LogP contribution is -2.46. The van der Waals surface area contributed by atoms with Gasteiger partial charge in [0.1, 0.15) is 0 Å². The highest BCUT2D eigenvalue weighted by atomic mass is 15.1. The Balaban J connectivity index is 2.27. The smallest absolute Gasteiger partial charge is 0.0216 e. The summed E-state index contributed by atoms with van der Waals surface area (Å²) < 4.78 is 0. The quantitative estimate of drug-likeness (QED) is 0.644. The fourth-order valence-electron chi connectivity index (χ4n) is 2.03. The third-order valence-electron chi connectivity index (χ3n) is 2.50. The molecule has 0 amide bonds. The Morgan fingerprint density at radius 3 is 2.85 bits per heavy atom. The van der Waals surface area contributed by atoms with Gasteiger partial charge in [0.05, 0.1) is 0 Å². The highest BCUT2D eigenvalue weighted by molar-refractivity contribution is 4.95. The number of nitrogens with two attached hydrogens (primary N) is 1. The number of piperidine rings is 1. The summed E-state index contributed by atoms with van der Waals surface area (Å²) in [6.45, 7) is 7.50. The predicted octanol–water partition coefficient (Wildman–Crippen LogP) is 1.07. The van der Waals surface area contributed by atoms with E-state index in [9.17, 15) is 0 Å². The zero-order chi connectivity index (χ0) is 9.68. The maximum absolute atomic E-state index is 5.94. The standard InChI is InChI=1S/C11H20N2/c1-3-4-5-6-13-8-10(2)7-11(12)9-13/h10-11H,5-9,12H2,1-2H3. The molecule has 0 radical (unpaired) electrons. The summed E-state index contributed by atoms with van der Waals surface area (Å²) >= 11 is 0. The Hall–Kier alpha value is -0.520. The van der Waals surface area contributed by atoms with Gasteiger partial charge in [-0.2, -0.15) is 0 Å². The Kier molecular flexibility index (Phi) is 4.27. The van der Waals surface area contributed by atoms with Gasteiger partial charge in [-0.25, -0.2) is 0 Å². The van der Waals surface area contributed by atoms with Crippen molar-refractivity contribution in [3.05, 3.63) is 0 Å². The van der Waals surface area contributed by atoms with Crippen LogP contribution < -0.4 is 5.73 Å². The van der Waals surface area contributed by atoms with Crippen LogP contribution in [0.1, 0.15) is 26.7 Å². The largest absolute Gasteiger partial charge is 0.327 e. The van der Waals surface area contributed by atoms with Crippen molar-refractivity contribution >= 4 is 0 Å². The van der Waals surface area contributed by atoms with Gasteiger partial charge >= 0.3 is 0 Å². The van der Waals surface area contributed by atoms with Gasteiger partial charge in [0.15, 0.2) is 0 Å². The van der Waals surface area contributed by atoms with Gasteiger partial charge in [-0.15, -0.1) is 11.8 Å². The minimum atomic E-state index is 0.373. The fourth-order valence-corrected chi connectivity index (χ4v) is 2.03. The number of rotatable bonds is 2. The van der Waals surface area contributed by atoms with E-state index in [0.29, 0.717) is 6.04 Å². The first-order chi connectivity index (χ1) is 6.22. The molecule has 0 aromatic rings. The topological polar surface area (TPSA) is 29.3 Å². The molecule has 1 aliphatic rings. The minimum Gasteiger partial charge on any atom is -0.327 e. The van der Waals surface area contributed by atoms with Gasteiger partial charge in [0.2, 0.25) is 0 Å². The molecule has 2 unspecified atom stereocenters. The van der Waals surface area contributed by atoms with Crippen LogP contribution in [0.5, 0.6) is 0 Å². The van der Waals surface area contributed by atoms with Crippen LogP contribution in [-0.4, -0.2) is 30.6 Å². The average molecular weight is 180 g/mol. The third-order valence-corrected chi connectivity index (χ3v) is 2.50. The Morgan fingerprint density at radius 2 is 2.23 bits per heavy atom. The van der Waals surface area contributed by atoms with E-state index < -0.39 is 0 Å². The second kappa shape index (κ2) is 5.26. The van der Waals surface area contributed by atoms with Crippen LogP contribution in [0, 0.1) is 17.8 Å². The van der Waals surface area contributed by atoms with Crippen molar-refractivity contribution in [3.8, 4) is 11.8 Å². The van der Waals surface area contributed by atoms with Crippen molar-refractivity contribution in [2.24, 2.45) is 11.7 Å². The molecule has 1 heterocycles. The van der Waals surface area contributed by atoms with Crippen LogP contribution >= 0.6 is 0 Å². The molecule has 2 atom stereocenters. The molecule has 1 fully saturated rings. The molecule has 0 aliphatic carbocycles. The lowest BCUT2D eigenvalue weighted by Gasteiger charge is -2.34. The van der Waals surface area contributed by atoms with Crippen molar-refractivity contribution in [2.75, 3.05) is 19.6 Å². The maximum Gasteiger partial charge on any atom is 0.0216 e. The van der Waals surface area contributed by atoms with Crippen molar-refractivity contribution in [3.63, 3.8) is 0 Å². The summed E-state index contributed by atoms with van der Waals surface area (Å²) in [7, 11) is 0. The SMILES string of the molecule is CC#CCCN1CC(C)CC(N)C1. The zero-order valence-electron chi connectivity index (χ0n) is 8.71. The first-order valence-electron chi connectivity index (χ1n) is 5.10. The van der Waals surface area contributed by atoms with Gasteiger partial charge in [-0.3, -0.25) is 0 Å². The summed E-state index contributed by atoms with van der Waals surface area (Å²) in [5.74, 6) is 6.76. The van der Waals surface area contributed by atoms with E-state index in [2.05, 4.69) is 23.7 Å². The summed E-state index contributed by atoms with van der Waals surface area (Å²) in [6.07, 6.45) is 2.16. The summed E-state index contributed by atoms with van der Waals surface area (Å²) in [6, 6.07) is 0.373. The van der Waals surface area contributed by atoms with E-state index >= 15 is 0 Å². The molecular formula is C11H20N2. The second-order valence-corrected chi connectivity index (χ2v) is 4.04. The molecule has 1 saturated heterocycles. The van der Waals surface area contributed by atoms with E-state index in [4.69, 9.17) is 5.73 Å². The van der Waals surface area contributed by atoms with E-state index in [1.165, 1.54) is 13.0 Å². The van der Waals surface area contributed by atoms with E-state index in [1.54, 1.807) is 0 Å². The van der Waals surface area contributed by atoms with Crippen LogP contribution in [0.2, 0.25) is 0 Å². The molecule has 0 bridgehead atoms. The van der Waals surface area contributed by atoms with Gasteiger partial charge in [-0.1, -0.05) is 6.92 Å². The first kappa shape index (κ1) is 10.6. The number of hydrogen-bond acceptors (Lipinski definition) is 2. The van der Waals surface area contributed by atoms with Crippen molar-refractivity contribution in [1.82, 2.24) is 4.90 Å². The van der Waals surface area contributed by atoms with Gasteiger partial charge in [0.25, 0.3) is 0 Å². The normalized spacial score (nSPS) is 29.5. The van der Waals surface area contributed by atoms with Gasteiger partial charge in [-0.05, 0) is 19.3 Å². The minimum absolute atomic E-state index is 0.373. The molecule has 1 aliphatic heterocycles. The highest BCUT2D eigenvalue weighted by Gasteiger charge is 2.20. The average Bonchev–Trinajstić information content (AvgIpc) is 2.03. The molecule has 74 valence electrons. The maximum atomic E-state index is 5.94. The lowest BCUT2D eigenvalue weighted by atomic mass is 9.96. The molecule has 0 aromatic carbocycles. The summed E-state index contributed by atoms with van der Waals surface area (Å²) in [5.41, 5.74) is 5.94. The number of hydrogen-bond donors (Lipinski definition) is 1. The molecular weight excluding hydrogens is 160 g/mol. The van der Waals surface area contributed by atoms with Crippen LogP contribution in [0.4, 0.5) is 0 Å². The van der Waals surface area contributed by atoms with E-state index in [1.807, 2.05) is 6.92 Å². The van der Waals surface area contributed by atoms with E-state index in [0.717, 1.165) is 25.4 Å². The molecule has 13 heavy (non-hydrogen) atoms. The van der Waals surface area contributed by atoms with Crippen molar-refractivity contribution in [1.29, 1.82) is 0 Å². The number of likely N-dealkylation sites (tertiary alicyclic amines) is 1. The molecule has 0 spiro atoms. The fraction of sp³-hybridized carbons (Fsp3) is 0.818. The highest BCUT2D eigenvalue weighted by Crippen LogP contribution is 2.14. The third kappa shape index (κ3) is 3.80. The van der Waals surface area contributed by atoms with Crippen LogP contribution in [-0.2, 0) is 0 Å². The molecule has 2 heteroatoms. The van der Waals surface area contributed by atoms with Crippen LogP contribution in [0.25, 0.3) is 0 Å².